The van der Waals surface area contributed by atoms with E-state index in [1.165, 1.54) is 0 Å². The summed E-state index contributed by atoms with van der Waals surface area (Å²) >= 11 is 0. The van der Waals surface area contributed by atoms with Crippen LogP contribution in [0.3, 0.4) is 0 Å². The normalized spacial score (nSPS) is 13.3. The first kappa shape index (κ1) is 36.9. The van der Waals surface area contributed by atoms with Gasteiger partial charge in [0.25, 0.3) is 5.91 Å². The molecule has 0 aliphatic carbocycles. The SMILES string of the molecule is CCCCOCCOc1ccc(-c2ccc3c(c2)C=C(C(=O)Nc2ccc(S(=O)(=O)Cc4cncn4CCC)cc2)CCCN3CCC)cc1. The zero-order chi connectivity index (χ0) is 35.3. The fourth-order valence-corrected chi connectivity index (χ4v) is 7.46. The van der Waals surface area contributed by atoms with E-state index in [1.54, 1.807) is 36.8 Å². The average Bonchev–Trinajstić information content (AvgIpc) is 3.54. The predicted octanol–water partition coefficient (Wildman–Crippen LogP) is 8.16. The second-order valence-electron chi connectivity index (χ2n) is 12.7. The van der Waals surface area contributed by atoms with Crippen LogP contribution in [-0.4, -0.2) is 56.8 Å². The van der Waals surface area contributed by atoms with Crippen molar-refractivity contribution >= 4 is 33.2 Å². The molecule has 1 aromatic heterocycles. The number of hydrogen-bond donors (Lipinski definition) is 1. The van der Waals surface area contributed by atoms with Gasteiger partial charge in [-0.25, -0.2) is 13.4 Å². The van der Waals surface area contributed by atoms with Gasteiger partial charge in [0.15, 0.2) is 9.84 Å². The van der Waals surface area contributed by atoms with Crippen molar-refractivity contribution in [2.45, 2.75) is 76.5 Å². The van der Waals surface area contributed by atoms with Crippen molar-refractivity contribution in [3.8, 4) is 16.9 Å². The Morgan fingerprint density at radius 2 is 1.64 bits per heavy atom. The van der Waals surface area contributed by atoms with Gasteiger partial charge in [0.05, 0.1) is 29.3 Å². The van der Waals surface area contributed by atoms with E-state index in [9.17, 15) is 13.2 Å². The summed E-state index contributed by atoms with van der Waals surface area (Å²) in [6, 6.07) is 20.9. The molecule has 4 aromatic rings. The molecular formula is C40H50N4O5S. The lowest BCUT2D eigenvalue weighted by Gasteiger charge is -2.29. The molecule has 0 saturated carbocycles. The van der Waals surface area contributed by atoms with Crippen molar-refractivity contribution in [2.24, 2.45) is 0 Å². The number of hydrogen-bond acceptors (Lipinski definition) is 7. The molecule has 0 atom stereocenters. The number of imidazole rings is 1. The number of rotatable bonds is 17. The number of anilines is 2. The summed E-state index contributed by atoms with van der Waals surface area (Å²) in [4.78, 5) is 20.4. The highest BCUT2D eigenvalue weighted by molar-refractivity contribution is 7.90. The number of ether oxygens (including phenoxy) is 2. The maximum Gasteiger partial charge on any atom is 0.251 e. The van der Waals surface area contributed by atoms with Gasteiger partial charge in [0.1, 0.15) is 12.4 Å². The number of fused-ring (bicyclic) bond motifs is 1. The Balaban J connectivity index is 1.30. The maximum absolute atomic E-state index is 13.7. The number of carbonyl (C=O) groups excluding carboxylic acids is 1. The molecule has 1 aliphatic heterocycles. The summed E-state index contributed by atoms with van der Waals surface area (Å²) < 4.78 is 39.7. The topological polar surface area (TPSA) is 103 Å². The summed E-state index contributed by atoms with van der Waals surface area (Å²) in [5.74, 6) is 0.482. The second kappa shape index (κ2) is 18.0. The average molecular weight is 699 g/mol. The Morgan fingerprint density at radius 1 is 0.880 bits per heavy atom. The number of carbonyl (C=O) groups is 1. The van der Waals surface area contributed by atoms with E-state index in [4.69, 9.17) is 9.47 Å². The van der Waals surface area contributed by atoms with Crippen LogP contribution in [0.4, 0.5) is 11.4 Å². The third-order valence-corrected chi connectivity index (χ3v) is 10.4. The van der Waals surface area contributed by atoms with Gasteiger partial charge in [-0.15, -0.1) is 0 Å². The van der Waals surface area contributed by atoms with E-state index in [2.05, 4.69) is 59.4 Å². The second-order valence-corrected chi connectivity index (χ2v) is 14.7. The highest BCUT2D eigenvalue weighted by atomic mass is 32.2. The molecule has 1 aliphatic rings. The number of unbranched alkanes of at least 4 members (excludes halogenated alkanes) is 1. The Hall–Kier alpha value is -4.41. The van der Waals surface area contributed by atoms with Gasteiger partial charge in [0.2, 0.25) is 0 Å². The highest BCUT2D eigenvalue weighted by Crippen LogP contribution is 2.33. The molecule has 9 nitrogen and oxygen atoms in total. The van der Waals surface area contributed by atoms with Crippen LogP contribution in [0.1, 0.15) is 70.6 Å². The zero-order valence-corrected chi connectivity index (χ0v) is 30.4. The van der Waals surface area contributed by atoms with Gasteiger partial charge in [-0.3, -0.25) is 4.79 Å². The molecule has 50 heavy (non-hydrogen) atoms. The summed E-state index contributed by atoms with van der Waals surface area (Å²) in [5.41, 5.74) is 6.11. The predicted molar refractivity (Wildman–Crippen MR) is 201 cm³/mol. The van der Waals surface area contributed by atoms with Gasteiger partial charge in [-0.05, 0) is 103 Å². The minimum Gasteiger partial charge on any atom is -0.491 e. The lowest BCUT2D eigenvalue weighted by Crippen LogP contribution is -2.28. The molecule has 1 N–H and O–H groups in total. The summed E-state index contributed by atoms with van der Waals surface area (Å²) in [7, 11) is -3.58. The van der Waals surface area contributed by atoms with E-state index in [0.29, 0.717) is 43.1 Å². The van der Waals surface area contributed by atoms with Crippen LogP contribution in [0.15, 0.2) is 89.7 Å². The van der Waals surface area contributed by atoms with Crippen molar-refractivity contribution in [3.05, 3.63) is 96.1 Å². The van der Waals surface area contributed by atoms with Crippen LogP contribution in [-0.2, 0) is 31.7 Å². The first-order valence-electron chi connectivity index (χ1n) is 17.8. The van der Waals surface area contributed by atoms with Crippen molar-refractivity contribution in [1.82, 2.24) is 9.55 Å². The molecule has 0 unspecified atom stereocenters. The molecular weight excluding hydrogens is 649 g/mol. The molecule has 0 fully saturated rings. The first-order valence-corrected chi connectivity index (χ1v) is 19.5. The number of aryl methyl sites for hydroxylation is 1. The molecule has 2 heterocycles. The van der Waals surface area contributed by atoms with E-state index in [-0.39, 0.29) is 16.6 Å². The first-order chi connectivity index (χ1) is 24.3. The fourth-order valence-electron chi connectivity index (χ4n) is 6.12. The van der Waals surface area contributed by atoms with Crippen LogP contribution < -0.4 is 15.0 Å². The third-order valence-electron chi connectivity index (χ3n) is 8.76. The molecule has 0 saturated heterocycles. The maximum atomic E-state index is 13.7. The van der Waals surface area contributed by atoms with Crippen LogP contribution in [0.25, 0.3) is 17.2 Å². The van der Waals surface area contributed by atoms with E-state index in [1.807, 2.05) is 29.7 Å². The molecule has 0 bridgehead atoms. The number of nitrogens with one attached hydrogen (secondary N) is 1. The quantitative estimate of drug-likeness (QED) is 0.111. The van der Waals surface area contributed by atoms with Gasteiger partial charge in [-0.2, -0.15) is 0 Å². The lowest BCUT2D eigenvalue weighted by molar-refractivity contribution is -0.112. The minimum atomic E-state index is -3.58. The lowest BCUT2D eigenvalue weighted by atomic mass is 9.96. The summed E-state index contributed by atoms with van der Waals surface area (Å²) in [5, 5.41) is 3.01. The number of sulfone groups is 1. The molecule has 3 aromatic carbocycles. The zero-order valence-electron chi connectivity index (χ0n) is 29.6. The van der Waals surface area contributed by atoms with Gasteiger partial charge in [-0.1, -0.05) is 45.4 Å². The van der Waals surface area contributed by atoms with Crippen LogP contribution in [0.5, 0.6) is 5.75 Å². The molecule has 5 rings (SSSR count). The molecule has 0 radical (unpaired) electrons. The number of nitrogens with zero attached hydrogens (tertiary/aromatic N) is 3. The molecule has 266 valence electrons. The Kier molecular flexibility index (Phi) is 13.3. The Morgan fingerprint density at radius 3 is 2.38 bits per heavy atom. The Labute approximate surface area is 297 Å². The summed E-state index contributed by atoms with van der Waals surface area (Å²) in [6.45, 7) is 10.7. The largest absolute Gasteiger partial charge is 0.491 e. The standard InChI is InChI=1S/C40H50N4O5S/c1-4-7-23-48-24-25-49-37-15-10-31(11-16-37)32-12-19-39-34(26-32)27-33(9-8-22-43(39)20-5-2)40(45)42-35-13-17-38(18-14-35)50(46,47)29-36-28-41-30-44(36)21-6-3/h10-19,26-28,30H,4-9,20-25,29H2,1-3H3,(H,42,45). The monoisotopic (exact) mass is 698 g/mol. The van der Waals surface area contributed by atoms with Crippen molar-refractivity contribution < 1.29 is 22.7 Å². The van der Waals surface area contributed by atoms with Crippen LogP contribution >= 0.6 is 0 Å². The van der Waals surface area contributed by atoms with E-state index >= 15 is 0 Å². The molecule has 0 spiro atoms. The van der Waals surface area contributed by atoms with Crippen molar-refractivity contribution in [1.29, 1.82) is 0 Å². The highest BCUT2D eigenvalue weighted by Gasteiger charge is 2.20. The molecule has 1 amide bonds. The Bertz CT molecular complexity index is 1830. The minimum absolute atomic E-state index is 0.130. The van der Waals surface area contributed by atoms with Crippen LogP contribution in [0, 0.1) is 0 Å². The van der Waals surface area contributed by atoms with Gasteiger partial charge < -0.3 is 24.3 Å². The van der Waals surface area contributed by atoms with Gasteiger partial charge in [0, 0.05) is 49.4 Å². The fraction of sp³-hybridized carbons (Fsp3) is 0.400. The number of amides is 1. The number of benzene rings is 3. The van der Waals surface area contributed by atoms with Crippen molar-refractivity contribution in [2.75, 3.05) is 43.1 Å². The van der Waals surface area contributed by atoms with Gasteiger partial charge >= 0.3 is 0 Å². The number of aromatic nitrogens is 2. The molecule has 10 heteroatoms. The van der Waals surface area contributed by atoms with E-state index in [0.717, 1.165) is 79.9 Å². The van der Waals surface area contributed by atoms with E-state index < -0.39 is 9.84 Å². The third kappa shape index (κ3) is 9.85. The van der Waals surface area contributed by atoms with Crippen molar-refractivity contribution in [3.63, 3.8) is 0 Å². The summed E-state index contributed by atoms with van der Waals surface area (Å²) in [6.07, 6.45) is 10.8. The van der Waals surface area contributed by atoms with Crippen LogP contribution in [0.2, 0.25) is 0 Å². The smallest absolute Gasteiger partial charge is 0.251 e.